The molecule has 2 aliphatic carbocycles. The molecule has 0 spiro atoms. The molecule has 0 unspecified atom stereocenters. The third-order valence-corrected chi connectivity index (χ3v) is 7.98. The molecule has 0 heterocycles. The van der Waals surface area contributed by atoms with E-state index in [1.54, 1.807) is 0 Å². The summed E-state index contributed by atoms with van der Waals surface area (Å²) in [5.41, 5.74) is 0. The molecular formula is C7H2Cl7NO2. The second kappa shape index (κ2) is 3.63. The number of hydrogen-bond donors (Lipinski definition) is 0. The summed E-state index contributed by atoms with van der Waals surface area (Å²) in [7, 11) is 0. The van der Waals surface area contributed by atoms with Crippen molar-refractivity contribution in [1.82, 2.24) is 0 Å². The number of alkyl halides is 5. The van der Waals surface area contributed by atoms with Crippen LogP contribution in [-0.4, -0.2) is 24.0 Å². The Bertz CT molecular complexity index is 465. The average molecular weight is 380 g/mol. The van der Waals surface area contributed by atoms with Crippen molar-refractivity contribution in [2.24, 2.45) is 0 Å². The molecule has 1 saturated carbocycles. The third-order valence-electron chi connectivity index (χ3n) is 3.07. The minimum absolute atomic E-state index is 0.112. The first-order valence-corrected chi connectivity index (χ1v) is 6.76. The molecule has 0 aliphatic heterocycles. The second-order valence-corrected chi connectivity index (χ2v) is 7.78. The Morgan fingerprint density at radius 1 is 1.06 bits per heavy atom. The van der Waals surface area contributed by atoms with Crippen molar-refractivity contribution in [3.8, 4) is 0 Å². The predicted octanol–water partition coefficient (Wildman–Crippen LogP) is 4.43. The van der Waals surface area contributed by atoms with E-state index in [1.165, 1.54) is 0 Å². The van der Waals surface area contributed by atoms with Crippen molar-refractivity contribution in [2.75, 3.05) is 0 Å². The van der Waals surface area contributed by atoms with Crippen LogP contribution in [-0.2, 0) is 0 Å². The molecule has 3 nitrogen and oxygen atoms in total. The quantitative estimate of drug-likeness (QED) is 0.292. The molecule has 17 heavy (non-hydrogen) atoms. The highest BCUT2D eigenvalue weighted by Crippen LogP contribution is 2.76. The molecule has 0 saturated heterocycles. The summed E-state index contributed by atoms with van der Waals surface area (Å²) >= 11 is 42.0. The zero-order valence-corrected chi connectivity index (χ0v) is 12.9. The monoisotopic (exact) mass is 377 g/mol. The number of fused-ring (bicyclic) bond motifs is 2. The van der Waals surface area contributed by atoms with Gasteiger partial charge >= 0.3 is 5.00 Å². The van der Waals surface area contributed by atoms with E-state index in [9.17, 15) is 10.1 Å². The molecule has 10 heteroatoms. The lowest BCUT2D eigenvalue weighted by atomic mass is 10.00. The standard InChI is InChI=1S/C7H2Cl7NO2/c8-2-3(9)6(12)5(11,15(16)17)1-4(2,10)7(6,13)14/h1H2/t4-,5-,6+/m1/s1. The Morgan fingerprint density at radius 3 is 1.82 bits per heavy atom. The van der Waals surface area contributed by atoms with Gasteiger partial charge in [0.15, 0.2) is 4.33 Å². The van der Waals surface area contributed by atoms with Gasteiger partial charge in [0.05, 0.1) is 16.5 Å². The average Bonchev–Trinajstić information content (AvgIpc) is 2.39. The van der Waals surface area contributed by atoms with Crippen molar-refractivity contribution in [3.63, 3.8) is 0 Å². The lowest BCUT2D eigenvalue weighted by molar-refractivity contribution is -0.544. The van der Waals surface area contributed by atoms with E-state index in [-0.39, 0.29) is 10.1 Å². The summed E-state index contributed by atoms with van der Waals surface area (Å²) < 4.78 is -1.98. The SMILES string of the molecule is O=[N+]([O-])[C@]1(Cl)C[C@@]2(Cl)C(Cl)=C(Cl)[C@@]1(Cl)C2(Cl)Cl. The van der Waals surface area contributed by atoms with Crippen molar-refractivity contribution in [1.29, 1.82) is 0 Å². The van der Waals surface area contributed by atoms with Crippen LogP contribution in [0.2, 0.25) is 0 Å². The molecule has 0 aromatic heterocycles. The molecule has 0 amide bonds. The van der Waals surface area contributed by atoms with Crippen LogP contribution in [0.4, 0.5) is 0 Å². The van der Waals surface area contributed by atoms with Gasteiger partial charge < -0.3 is 0 Å². The Balaban J connectivity index is 2.80. The summed E-state index contributed by atoms with van der Waals surface area (Å²) in [6, 6.07) is 0. The van der Waals surface area contributed by atoms with Crippen LogP contribution in [0.25, 0.3) is 0 Å². The first-order chi connectivity index (χ1) is 7.47. The van der Waals surface area contributed by atoms with Gasteiger partial charge in [0.2, 0.25) is 4.87 Å². The topological polar surface area (TPSA) is 43.1 Å². The van der Waals surface area contributed by atoms with Gasteiger partial charge in [0.1, 0.15) is 4.87 Å². The third kappa shape index (κ3) is 1.25. The second-order valence-electron chi connectivity index (χ2n) is 3.86. The largest absolute Gasteiger partial charge is 0.324 e. The van der Waals surface area contributed by atoms with Crippen molar-refractivity contribution in [3.05, 3.63) is 20.2 Å². The van der Waals surface area contributed by atoms with E-state index >= 15 is 0 Å². The maximum absolute atomic E-state index is 11.1. The summed E-state index contributed by atoms with van der Waals surface area (Å²) in [6.07, 6.45) is -0.429. The molecule has 0 radical (unpaired) electrons. The van der Waals surface area contributed by atoms with Crippen LogP contribution in [0.5, 0.6) is 0 Å². The van der Waals surface area contributed by atoms with Gasteiger partial charge in [-0.3, -0.25) is 10.1 Å². The van der Waals surface area contributed by atoms with Crippen molar-refractivity contribution < 1.29 is 4.92 Å². The number of rotatable bonds is 1. The normalized spacial score (nSPS) is 47.7. The molecule has 2 rings (SSSR count). The molecular weight excluding hydrogens is 378 g/mol. The van der Waals surface area contributed by atoms with Crippen molar-refractivity contribution in [2.45, 2.75) is 25.5 Å². The smallest absolute Gasteiger partial charge is 0.263 e. The predicted molar refractivity (Wildman–Crippen MR) is 70.5 cm³/mol. The number of hydrogen-bond acceptors (Lipinski definition) is 2. The maximum atomic E-state index is 11.1. The fraction of sp³-hybridized carbons (Fsp3) is 0.714. The van der Waals surface area contributed by atoms with Crippen molar-refractivity contribution >= 4 is 81.2 Å². The fourth-order valence-corrected chi connectivity index (χ4v) is 5.55. The Morgan fingerprint density at radius 2 is 1.53 bits per heavy atom. The molecule has 2 bridgehead atoms. The summed E-state index contributed by atoms with van der Waals surface area (Å²) in [6.45, 7) is 0. The molecule has 1 fully saturated rings. The van der Waals surface area contributed by atoms with E-state index in [4.69, 9.17) is 81.2 Å². The van der Waals surface area contributed by atoms with Gasteiger partial charge in [0, 0.05) is 4.92 Å². The van der Waals surface area contributed by atoms with Gasteiger partial charge in [-0.25, -0.2) is 0 Å². The van der Waals surface area contributed by atoms with Crippen LogP contribution in [0.1, 0.15) is 6.42 Å². The van der Waals surface area contributed by atoms with Crippen LogP contribution >= 0.6 is 81.2 Å². The molecule has 0 aromatic carbocycles. The van der Waals surface area contributed by atoms with Gasteiger partial charge in [-0.05, 0) is 11.6 Å². The molecule has 2 aliphatic rings. The minimum Gasteiger partial charge on any atom is -0.263 e. The molecule has 0 N–H and O–H groups in total. The van der Waals surface area contributed by atoms with E-state index < -0.39 is 30.4 Å². The summed E-state index contributed by atoms with van der Waals surface area (Å²) in [4.78, 5) is 4.32. The first kappa shape index (κ1) is 14.6. The van der Waals surface area contributed by atoms with Gasteiger partial charge in [-0.1, -0.05) is 46.4 Å². The van der Waals surface area contributed by atoms with Crippen LogP contribution in [0.3, 0.4) is 0 Å². The van der Waals surface area contributed by atoms with E-state index in [0.717, 1.165) is 0 Å². The molecule has 0 aromatic rings. The Labute approximate surface area is 131 Å². The number of halogens is 7. The van der Waals surface area contributed by atoms with Gasteiger partial charge in [-0.2, -0.15) is 0 Å². The highest BCUT2D eigenvalue weighted by Gasteiger charge is 2.89. The zero-order valence-electron chi connectivity index (χ0n) is 7.62. The summed E-state index contributed by atoms with van der Waals surface area (Å²) in [5.74, 6) is 0. The number of nitro groups is 1. The Hall–Kier alpha value is 1.17. The molecule has 3 atom stereocenters. The minimum atomic E-state index is -2.21. The lowest BCUT2D eigenvalue weighted by Gasteiger charge is -2.32. The molecule has 96 valence electrons. The highest BCUT2D eigenvalue weighted by molar-refractivity contribution is 6.67. The lowest BCUT2D eigenvalue weighted by Crippen LogP contribution is -2.54. The van der Waals surface area contributed by atoms with Crippen LogP contribution in [0.15, 0.2) is 10.1 Å². The van der Waals surface area contributed by atoms with Crippen LogP contribution < -0.4 is 0 Å². The number of nitrogens with zero attached hydrogens (tertiary/aromatic N) is 1. The summed E-state index contributed by atoms with van der Waals surface area (Å²) in [5, 5.41) is 10.7. The zero-order chi connectivity index (χ0) is 13.4. The fourth-order valence-electron chi connectivity index (χ4n) is 2.11. The van der Waals surface area contributed by atoms with E-state index in [0.29, 0.717) is 0 Å². The highest BCUT2D eigenvalue weighted by atomic mass is 35.5. The van der Waals surface area contributed by atoms with Gasteiger partial charge in [0.25, 0.3) is 0 Å². The van der Waals surface area contributed by atoms with E-state index in [2.05, 4.69) is 0 Å². The number of allylic oxidation sites excluding steroid dienone is 1. The van der Waals surface area contributed by atoms with E-state index in [1.807, 2.05) is 0 Å². The van der Waals surface area contributed by atoms with Gasteiger partial charge in [-0.15, -0.1) is 23.2 Å². The maximum Gasteiger partial charge on any atom is 0.324 e. The Kier molecular flexibility index (Phi) is 3.11. The van der Waals surface area contributed by atoms with Crippen LogP contribution in [0, 0.1) is 10.1 Å². The first-order valence-electron chi connectivity index (χ1n) is 4.12.